The summed E-state index contributed by atoms with van der Waals surface area (Å²) in [6, 6.07) is 50.6. The molecule has 0 amide bonds. The van der Waals surface area contributed by atoms with E-state index in [2.05, 4.69) is 13.2 Å². The van der Waals surface area contributed by atoms with Crippen LogP contribution in [0.5, 0.6) is 0 Å². The Kier molecular flexibility index (Phi) is 28.4. The summed E-state index contributed by atoms with van der Waals surface area (Å²) in [6.45, 7) is 28.2. The van der Waals surface area contributed by atoms with Gasteiger partial charge in [-0.1, -0.05) is 210 Å². The van der Waals surface area contributed by atoms with Gasteiger partial charge < -0.3 is 20.1 Å². The smallest absolute Gasteiger partial charge is 0.180 e. The number of ketones is 1. The first-order valence-corrected chi connectivity index (χ1v) is 33.7. The Bertz CT molecular complexity index is 3400. The highest BCUT2D eigenvalue weighted by atomic mass is 28.3. The van der Waals surface area contributed by atoms with E-state index >= 15 is 0 Å². The highest BCUT2D eigenvalue weighted by Gasteiger charge is 2.52. The van der Waals surface area contributed by atoms with E-state index in [0.29, 0.717) is 44.9 Å². The number of alkyl halides is 2. The molecule has 0 heterocycles. The lowest BCUT2D eigenvalue weighted by atomic mass is 9.78. The molecule has 15 heteroatoms. The van der Waals surface area contributed by atoms with Gasteiger partial charge in [-0.15, -0.1) is 0 Å². The number of aliphatic hydroxyl groups excluding tert-OH is 3. The van der Waals surface area contributed by atoms with E-state index in [4.69, 9.17) is 5.11 Å². The Balaban J connectivity index is 0.000000239. The molecule has 7 aromatic rings. The highest BCUT2D eigenvalue weighted by Crippen LogP contribution is 2.47. The molecule has 2 aliphatic rings. The van der Waals surface area contributed by atoms with Crippen molar-refractivity contribution in [1.29, 1.82) is 0 Å². The number of hydrogen-bond donors (Lipinski definition) is 3. The minimum Gasteiger partial charge on any atom is -0.396 e. The molecule has 0 aliphatic heterocycles. The Hall–Kier alpha value is -7.17. The summed E-state index contributed by atoms with van der Waals surface area (Å²) < 4.78 is 118. The number of Topliss-reactive ketones (excluding diaryl/α,β-unsaturated/α-hetero) is 1. The summed E-state index contributed by atoms with van der Waals surface area (Å²) in [4.78, 5) is 22.1. The Morgan fingerprint density at radius 1 is 0.495 bits per heavy atom. The van der Waals surface area contributed by atoms with Crippen molar-refractivity contribution in [3.05, 3.63) is 263 Å². The number of benzene rings is 7. The van der Waals surface area contributed by atoms with Crippen LogP contribution in [0.1, 0.15) is 155 Å². The van der Waals surface area contributed by atoms with E-state index in [0.717, 1.165) is 44.5 Å². The molecule has 0 spiro atoms. The molecule has 9 rings (SSSR count). The molecular weight excluding hydrogens is 1220 g/mol. The number of halogens is 9. The predicted molar refractivity (Wildman–Crippen MR) is 361 cm³/mol. The van der Waals surface area contributed by atoms with Gasteiger partial charge >= 0.3 is 0 Å². The largest absolute Gasteiger partial charge is 0.396 e. The van der Waals surface area contributed by atoms with Crippen molar-refractivity contribution in [2.75, 3.05) is 6.61 Å². The minimum absolute atomic E-state index is 0.0809. The monoisotopic (exact) mass is 1310 g/mol. The van der Waals surface area contributed by atoms with Crippen LogP contribution in [0.4, 0.5) is 39.5 Å². The summed E-state index contributed by atoms with van der Waals surface area (Å²) in [5.74, 6) is -2.43. The molecule has 0 saturated heterocycles. The number of carbonyl (C=O) groups excluding carboxylic acids is 2. The van der Waals surface area contributed by atoms with E-state index in [-0.39, 0.29) is 76.0 Å². The van der Waals surface area contributed by atoms with Crippen molar-refractivity contribution < 1.29 is 64.4 Å². The van der Waals surface area contributed by atoms with E-state index in [9.17, 15) is 59.3 Å². The van der Waals surface area contributed by atoms with Crippen LogP contribution in [-0.4, -0.2) is 65.6 Å². The Morgan fingerprint density at radius 2 is 0.806 bits per heavy atom. The average molecular weight is 1310 g/mol. The molecule has 2 atom stereocenters. The fourth-order valence-corrected chi connectivity index (χ4v) is 13.0. The van der Waals surface area contributed by atoms with Crippen LogP contribution in [0.15, 0.2) is 206 Å². The quantitative estimate of drug-likeness (QED) is 0.0379. The highest BCUT2D eigenvalue weighted by molar-refractivity contribution is 7.06. The number of aldehydes is 1. The lowest BCUT2D eigenvalue weighted by Gasteiger charge is -2.29. The second-order valence-electron chi connectivity index (χ2n) is 27.5. The molecule has 2 aliphatic carbocycles. The Morgan fingerprint density at radius 3 is 1.10 bits per heavy atom. The summed E-state index contributed by atoms with van der Waals surface area (Å²) in [7, 11) is -2.44. The van der Waals surface area contributed by atoms with Crippen molar-refractivity contribution >= 4 is 30.5 Å². The number of rotatable bonds is 21. The maximum atomic E-state index is 14.0. The van der Waals surface area contributed by atoms with Gasteiger partial charge in [-0.3, -0.25) is 4.79 Å². The first-order valence-electron chi connectivity index (χ1n) is 31.2. The standard InChI is InChI=1S/C15H15FSi.C14H18F2O.C14H16F2O.C13H16F2O.C11H15FO.C11H13FO/c1-13(16)17(2,14-9-5-3-6-10-14)15-11-7-4-8-12-15;2*1-13(2,9-12(17)14(16)7-8-14)10-3-5-11(15)6-4-10;1-9(14)12(16)8-13(2,3)10-4-6-11(15)7-5-10;2*1-11(2,7-8-13)9-3-5-10(12)6-4-9/h3-12H,1H2,2H3;3-6,12,17H,7-9H2,1-2H3;3-6H,7-9H2,1-2H3;4-7,12,16H,1,8H2,2-3H3;3-6,13H,7-8H2,1-2H3;3-6,8H,7H2,1-2H3. The molecule has 3 N–H and O–H groups in total. The molecule has 2 unspecified atom stereocenters. The molecule has 93 heavy (non-hydrogen) atoms. The van der Waals surface area contributed by atoms with Gasteiger partial charge in [0, 0.05) is 19.4 Å². The van der Waals surface area contributed by atoms with Crippen LogP contribution in [0.25, 0.3) is 0 Å². The maximum absolute atomic E-state index is 14.0. The minimum atomic E-state index is -2.44. The van der Waals surface area contributed by atoms with E-state index in [1.54, 1.807) is 60.7 Å². The second kappa shape index (κ2) is 33.8. The second-order valence-corrected chi connectivity index (χ2v) is 31.5. The molecule has 0 radical (unpaired) electrons. The number of aliphatic hydroxyl groups is 3. The van der Waals surface area contributed by atoms with Crippen LogP contribution in [0.2, 0.25) is 6.55 Å². The average Bonchev–Trinajstić information content (AvgIpc) is 1.79. The van der Waals surface area contributed by atoms with Crippen LogP contribution in [0.3, 0.4) is 0 Å². The zero-order valence-corrected chi connectivity index (χ0v) is 56.6. The third-order valence-corrected chi connectivity index (χ3v) is 21.6. The summed E-state index contributed by atoms with van der Waals surface area (Å²) in [6.07, 6.45) is 2.28. The molecule has 502 valence electrons. The molecule has 7 aromatic carbocycles. The molecular formula is C78H93F9O5Si. The molecule has 5 nitrogen and oxygen atoms in total. The van der Waals surface area contributed by atoms with Crippen molar-refractivity contribution in [2.45, 2.75) is 184 Å². The third-order valence-electron chi connectivity index (χ3n) is 17.6. The molecule has 0 bridgehead atoms. The normalized spacial score (nSPS) is 14.5. The predicted octanol–water partition coefficient (Wildman–Crippen LogP) is 18.3. The lowest BCUT2D eigenvalue weighted by molar-refractivity contribution is -0.126. The van der Waals surface area contributed by atoms with Crippen molar-refractivity contribution in [3.8, 4) is 0 Å². The summed E-state index contributed by atoms with van der Waals surface area (Å²) in [5.41, 5.74) is 0.0161. The molecule has 2 fully saturated rings. The maximum Gasteiger partial charge on any atom is 0.180 e. The van der Waals surface area contributed by atoms with Gasteiger partial charge in [-0.05, 0) is 171 Å². The van der Waals surface area contributed by atoms with Gasteiger partial charge in [0.25, 0.3) is 0 Å². The first-order chi connectivity index (χ1) is 43.3. The van der Waals surface area contributed by atoms with E-state index in [1.165, 1.54) is 60.7 Å². The van der Waals surface area contributed by atoms with E-state index < -0.39 is 48.3 Å². The van der Waals surface area contributed by atoms with Gasteiger partial charge in [0.15, 0.2) is 19.5 Å². The summed E-state index contributed by atoms with van der Waals surface area (Å²) >= 11 is 0. The van der Waals surface area contributed by atoms with Crippen molar-refractivity contribution in [3.63, 3.8) is 0 Å². The van der Waals surface area contributed by atoms with Crippen LogP contribution < -0.4 is 10.4 Å². The molecule has 2 saturated carbocycles. The van der Waals surface area contributed by atoms with Gasteiger partial charge in [-0.2, -0.15) is 0 Å². The van der Waals surface area contributed by atoms with E-state index in [1.807, 2.05) is 136 Å². The number of hydrogen-bond acceptors (Lipinski definition) is 5. The SMILES string of the molecule is C=C(F)C(O)CC(C)(C)c1ccc(F)cc1.C=C(F)[Si](C)(c1ccccc1)c1ccccc1.CC(C)(CC(=O)C1(F)CC1)c1ccc(F)cc1.CC(C)(CC(O)C1(F)CC1)c1ccc(F)cc1.CC(C)(CC=O)c1ccc(F)cc1.CC(C)(CCO)c1ccc(F)cc1. The van der Waals surface area contributed by atoms with Crippen LogP contribution in [0, 0.1) is 29.1 Å². The fourth-order valence-electron chi connectivity index (χ4n) is 10.3. The van der Waals surface area contributed by atoms with Crippen molar-refractivity contribution in [2.24, 2.45) is 0 Å². The van der Waals surface area contributed by atoms with Gasteiger partial charge in [0.05, 0.1) is 11.6 Å². The first kappa shape index (κ1) is 78.3. The fraction of sp³-hybridized carbons (Fsp3) is 0.385. The summed E-state index contributed by atoms with van der Waals surface area (Å²) in [5, 5.41) is 30.2. The molecule has 0 aromatic heterocycles. The zero-order valence-electron chi connectivity index (χ0n) is 55.6. The topological polar surface area (TPSA) is 94.8 Å². The van der Waals surface area contributed by atoms with Gasteiger partial charge in [-0.25, -0.2) is 39.5 Å². The third kappa shape index (κ3) is 24.0. The lowest BCUT2D eigenvalue weighted by Crippen LogP contribution is -2.56. The Labute approximate surface area is 546 Å². The number of carbonyl (C=O) groups is 2. The van der Waals surface area contributed by atoms with Crippen LogP contribution >= 0.6 is 0 Å². The van der Waals surface area contributed by atoms with Gasteiger partial charge in [0.2, 0.25) is 0 Å². The van der Waals surface area contributed by atoms with Gasteiger partial charge in [0.1, 0.15) is 53.0 Å². The van der Waals surface area contributed by atoms with Crippen LogP contribution in [-0.2, 0) is 36.7 Å². The van der Waals surface area contributed by atoms with Crippen molar-refractivity contribution in [1.82, 2.24) is 0 Å². The zero-order chi connectivity index (χ0) is 69.8.